The van der Waals surface area contributed by atoms with E-state index in [1.807, 2.05) is 66.7 Å². The van der Waals surface area contributed by atoms with Gasteiger partial charge in [-0.1, -0.05) is 48.5 Å². The Balaban J connectivity index is 2.12. The molecule has 0 aliphatic carbocycles. The smallest absolute Gasteiger partial charge is 0.0776 e. The van der Waals surface area contributed by atoms with Crippen LogP contribution in [0.4, 0.5) is 0 Å². The molecule has 0 heterocycles. The number of benzene rings is 2. The Labute approximate surface area is 97.9 Å². The Kier molecular flexibility index (Phi) is 3.67. The fourth-order valence-corrected chi connectivity index (χ4v) is 2.20. The summed E-state index contributed by atoms with van der Waals surface area (Å²) in [4.78, 5) is 0.828. The van der Waals surface area contributed by atoms with Crippen LogP contribution in [0.1, 0.15) is 5.56 Å². The van der Waals surface area contributed by atoms with E-state index in [0.717, 1.165) is 10.5 Å². The molecular weight excluding hydrogens is 216 g/mol. The summed E-state index contributed by atoms with van der Waals surface area (Å²) >= 11 is 0. The third kappa shape index (κ3) is 2.91. The van der Waals surface area contributed by atoms with Crippen LogP contribution < -0.4 is 0 Å². The van der Waals surface area contributed by atoms with Gasteiger partial charge in [0.25, 0.3) is 0 Å². The quantitative estimate of drug-likeness (QED) is 0.786. The Morgan fingerprint density at radius 3 is 2.00 bits per heavy atom. The van der Waals surface area contributed by atoms with E-state index in [1.54, 1.807) is 5.41 Å². The third-order valence-corrected chi connectivity index (χ3v) is 3.28. The van der Waals surface area contributed by atoms with Gasteiger partial charge in [0.05, 0.1) is 10.8 Å². The van der Waals surface area contributed by atoms with E-state index in [-0.39, 0.29) is 0 Å². The first-order chi connectivity index (χ1) is 7.86. The maximum absolute atomic E-state index is 11.8. The second-order valence-corrected chi connectivity index (χ2v) is 4.66. The van der Waals surface area contributed by atoms with Crippen molar-refractivity contribution in [3.05, 3.63) is 71.6 Å². The molecule has 1 nitrogen and oxygen atoms in total. The average Bonchev–Trinajstić information content (AvgIpc) is 2.38. The Morgan fingerprint density at radius 2 is 1.38 bits per heavy atom. The van der Waals surface area contributed by atoms with Gasteiger partial charge in [-0.3, -0.25) is 0 Å². The van der Waals surface area contributed by atoms with E-state index in [2.05, 4.69) is 0 Å². The van der Waals surface area contributed by atoms with Gasteiger partial charge in [-0.25, -0.2) is 4.21 Å². The van der Waals surface area contributed by atoms with Crippen LogP contribution in [-0.4, -0.2) is 4.21 Å². The van der Waals surface area contributed by atoms with Gasteiger partial charge in [0.15, 0.2) is 0 Å². The predicted octanol–water partition coefficient (Wildman–Crippen LogP) is 3.47. The number of hydrogen-bond acceptors (Lipinski definition) is 1. The van der Waals surface area contributed by atoms with Crippen molar-refractivity contribution in [2.75, 3.05) is 0 Å². The summed E-state index contributed by atoms with van der Waals surface area (Å²) in [6.45, 7) is 0. The summed E-state index contributed by atoms with van der Waals surface area (Å²) in [5.74, 6) is 0. The van der Waals surface area contributed by atoms with Crippen LogP contribution in [0.5, 0.6) is 0 Å². The molecule has 0 fully saturated rings. The van der Waals surface area contributed by atoms with Crippen molar-refractivity contribution in [1.82, 2.24) is 0 Å². The highest BCUT2D eigenvalue weighted by molar-refractivity contribution is 7.88. The summed E-state index contributed by atoms with van der Waals surface area (Å²) in [5.41, 5.74) is 1.06. The fourth-order valence-electron chi connectivity index (χ4n) is 1.34. The van der Waals surface area contributed by atoms with Gasteiger partial charge < -0.3 is 0 Å². The number of hydrogen-bond donors (Lipinski definition) is 0. The Bertz CT molecular complexity index is 489. The van der Waals surface area contributed by atoms with Crippen molar-refractivity contribution >= 4 is 16.9 Å². The molecule has 16 heavy (non-hydrogen) atoms. The molecule has 0 unspecified atom stereocenters. The molecule has 0 saturated carbocycles. The van der Waals surface area contributed by atoms with Gasteiger partial charge in [0.2, 0.25) is 0 Å². The minimum absolute atomic E-state index is 0.828. The second kappa shape index (κ2) is 5.42. The maximum Gasteiger partial charge on any atom is 0.0776 e. The lowest BCUT2D eigenvalue weighted by Gasteiger charge is -1.95. The molecule has 0 spiro atoms. The first-order valence-electron chi connectivity index (χ1n) is 5.05. The average molecular weight is 228 g/mol. The van der Waals surface area contributed by atoms with E-state index in [0.29, 0.717) is 0 Å². The van der Waals surface area contributed by atoms with Crippen molar-refractivity contribution in [2.24, 2.45) is 0 Å². The van der Waals surface area contributed by atoms with Gasteiger partial charge in [-0.2, -0.15) is 0 Å². The molecule has 80 valence electrons. The molecule has 0 saturated heterocycles. The molecular formula is C14H12OS. The van der Waals surface area contributed by atoms with Crippen molar-refractivity contribution in [2.45, 2.75) is 4.90 Å². The molecule has 0 amide bonds. The van der Waals surface area contributed by atoms with Crippen molar-refractivity contribution in [3.63, 3.8) is 0 Å². The third-order valence-electron chi connectivity index (χ3n) is 2.16. The highest BCUT2D eigenvalue weighted by Gasteiger charge is 1.96. The minimum Gasteiger partial charge on any atom is -0.250 e. The van der Waals surface area contributed by atoms with Crippen LogP contribution in [0, 0.1) is 0 Å². The van der Waals surface area contributed by atoms with Gasteiger partial charge >= 0.3 is 0 Å². The lowest BCUT2D eigenvalue weighted by molar-refractivity contribution is 0.688. The van der Waals surface area contributed by atoms with Crippen LogP contribution in [0.2, 0.25) is 0 Å². The zero-order valence-corrected chi connectivity index (χ0v) is 9.56. The lowest BCUT2D eigenvalue weighted by atomic mass is 10.2. The SMILES string of the molecule is O=[S@](/C=C\c1ccccc1)c1ccccc1. The lowest BCUT2D eigenvalue weighted by Crippen LogP contribution is -1.84. The van der Waals surface area contributed by atoms with Crippen LogP contribution in [0.3, 0.4) is 0 Å². The first kappa shape index (κ1) is 10.8. The molecule has 0 N–H and O–H groups in total. The largest absolute Gasteiger partial charge is 0.250 e. The highest BCUT2D eigenvalue weighted by Crippen LogP contribution is 2.09. The minimum atomic E-state index is -1.06. The van der Waals surface area contributed by atoms with E-state index in [9.17, 15) is 4.21 Å². The molecule has 1 atom stereocenters. The normalized spacial score (nSPS) is 12.8. The molecule has 0 aliphatic heterocycles. The maximum atomic E-state index is 11.8. The van der Waals surface area contributed by atoms with Crippen LogP contribution in [0.25, 0.3) is 6.08 Å². The highest BCUT2D eigenvalue weighted by atomic mass is 32.2. The molecule has 2 heteroatoms. The topological polar surface area (TPSA) is 17.1 Å². The molecule has 2 rings (SSSR count). The van der Waals surface area contributed by atoms with Gasteiger partial charge in [-0.05, 0) is 23.8 Å². The summed E-state index contributed by atoms with van der Waals surface area (Å²) in [7, 11) is -1.06. The van der Waals surface area contributed by atoms with Gasteiger partial charge in [0.1, 0.15) is 0 Å². The fraction of sp³-hybridized carbons (Fsp3) is 0. The Morgan fingerprint density at radius 1 is 0.812 bits per heavy atom. The van der Waals surface area contributed by atoms with Crippen LogP contribution >= 0.6 is 0 Å². The summed E-state index contributed by atoms with van der Waals surface area (Å²) in [6, 6.07) is 19.3. The van der Waals surface area contributed by atoms with E-state index in [1.165, 1.54) is 0 Å². The predicted molar refractivity (Wildman–Crippen MR) is 68.3 cm³/mol. The molecule has 0 bridgehead atoms. The van der Waals surface area contributed by atoms with E-state index >= 15 is 0 Å². The molecule has 0 aromatic heterocycles. The Hall–Kier alpha value is -1.67. The van der Waals surface area contributed by atoms with E-state index in [4.69, 9.17) is 0 Å². The van der Waals surface area contributed by atoms with Crippen molar-refractivity contribution < 1.29 is 4.21 Å². The zero-order chi connectivity index (χ0) is 11.2. The summed E-state index contributed by atoms with van der Waals surface area (Å²) in [6.07, 6.45) is 1.88. The first-order valence-corrected chi connectivity index (χ1v) is 6.26. The van der Waals surface area contributed by atoms with Crippen LogP contribution in [-0.2, 0) is 10.8 Å². The van der Waals surface area contributed by atoms with Gasteiger partial charge in [-0.15, -0.1) is 0 Å². The van der Waals surface area contributed by atoms with Crippen molar-refractivity contribution in [1.29, 1.82) is 0 Å². The molecule has 2 aromatic rings. The number of rotatable bonds is 3. The standard InChI is InChI=1S/C14H12OS/c15-16(14-9-5-2-6-10-14)12-11-13-7-3-1-4-8-13/h1-12H/b12-11-/t16-/m1/s1. The summed E-state index contributed by atoms with van der Waals surface area (Å²) in [5, 5.41) is 1.71. The molecule has 2 aromatic carbocycles. The van der Waals surface area contributed by atoms with Crippen LogP contribution in [0.15, 0.2) is 71.0 Å². The molecule has 0 aliphatic rings. The monoisotopic (exact) mass is 228 g/mol. The van der Waals surface area contributed by atoms with E-state index < -0.39 is 10.8 Å². The molecule has 0 radical (unpaired) electrons. The van der Waals surface area contributed by atoms with Gasteiger partial charge in [0, 0.05) is 10.3 Å². The zero-order valence-electron chi connectivity index (χ0n) is 8.74. The summed E-state index contributed by atoms with van der Waals surface area (Å²) < 4.78 is 11.8. The van der Waals surface area contributed by atoms with Crippen molar-refractivity contribution in [3.8, 4) is 0 Å². The second-order valence-electron chi connectivity index (χ2n) is 3.32.